The summed E-state index contributed by atoms with van der Waals surface area (Å²) >= 11 is 0. The lowest BCUT2D eigenvalue weighted by atomic mass is 9.44. The Balaban J connectivity index is 1.68. The SMILES string of the molecule is NC(=O)C12CC3CC(CC(C3)C1Cc1ccncc1)C2. The van der Waals surface area contributed by atoms with Crippen molar-refractivity contribution in [2.45, 2.75) is 38.5 Å². The molecule has 1 aromatic heterocycles. The average molecular weight is 270 g/mol. The Morgan fingerprint density at radius 3 is 2.45 bits per heavy atom. The minimum Gasteiger partial charge on any atom is -0.369 e. The summed E-state index contributed by atoms with van der Waals surface area (Å²) in [6.45, 7) is 0. The van der Waals surface area contributed by atoms with E-state index < -0.39 is 0 Å². The van der Waals surface area contributed by atoms with Gasteiger partial charge in [-0.1, -0.05) is 0 Å². The molecule has 1 aromatic rings. The largest absolute Gasteiger partial charge is 0.369 e. The van der Waals surface area contributed by atoms with Crippen molar-refractivity contribution in [1.82, 2.24) is 4.98 Å². The molecule has 4 fully saturated rings. The summed E-state index contributed by atoms with van der Waals surface area (Å²) in [5.41, 5.74) is 6.98. The minimum atomic E-state index is -0.210. The van der Waals surface area contributed by atoms with Gasteiger partial charge < -0.3 is 5.73 Å². The zero-order valence-corrected chi connectivity index (χ0v) is 11.8. The molecule has 106 valence electrons. The molecule has 4 aliphatic rings. The molecule has 0 radical (unpaired) electrons. The topological polar surface area (TPSA) is 56.0 Å². The predicted octanol–water partition coefficient (Wildman–Crippen LogP) is 2.55. The third kappa shape index (κ3) is 1.72. The molecule has 4 aliphatic carbocycles. The Hall–Kier alpha value is -1.38. The zero-order valence-electron chi connectivity index (χ0n) is 11.8. The van der Waals surface area contributed by atoms with Crippen LogP contribution in [0.4, 0.5) is 0 Å². The van der Waals surface area contributed by atoms with Crippen LogP contribution in [0.15, 0.2) is 24.5 Å². The van der Waals surface area contributed by atoms with E-state index in [-0.39, 0.29) is 11.3 Å². The Kier molecular flexibility index (Phi) is 2.66. The lowest BCUT2D eigenvalue weighted by Crippen LogP contribution is -2.58. The smallest absolute Gasteiger partial charge is 0.223 e. The van der Waals surface area contributed by atoms with Crippen LogP contribution in [0.2, 0.25) is 0 Å². The highest BCUT2D eigenvalue weighted by atomic mass is 16.1. The number of nitrogens with zero attached hydrogens (tertiary/aromatic N) is 1. The van der Waals surface area contributed by atoms with Crippen LogP contribution < -0.4 is 5.73 Å². The van der Waals surface area contributed by atoms with Gasteiger partial charge >= 0.3 is 0 Å². The third-order valence-corrected chi connectivity index (χ3v) is 6.22. The maximum atomic E-state index is 12.3. The Morgan fingerprint density at radius 2 is 1.85 bits per heavy atom. The lowest BCUT2D eigenvalue weighted by molar-refractivity contribution is -0.156. The number of aromatic nitrogens is 1. The number of pyridine rings is 1. The molecule has 0 spiro atoms. The first kappa shape index (κ1) is 12.4. The quantitative estimate of drug-likeness (QED) is 0.917. The number of nitrogens with two attached hydrogens (primary N) is 1. The second-order valence-electron chi connectivity index (χ2n) is 7.29. The van der Waals surface area contributed by atoms with Crippen molar-refractivity contribution < 1.29 is 4.79 Å². The second kappa shape index (κ2) is 4.31. The van der Waals surface area contributed by atoms with E-state index in [1.807, 2.05) is 12.4 Å². The van der Waals surface area contributed by atoms with Gasteiger partial charge in [0.05, 0.1) is 5.41 Å². The van der Waals surface area contributed by atoms with Crippen molar-refractivity contribution in [1.29, 1.82) is 0 Å². The number of hydrogen-bond acceptors (Lipinski definition) is 2. The summed E-state index contributed by atoms with van der Waals surface area (Å²) in [4.78, 5) is 16.4. The summed E-state index contributed by atoms with van der Waals surface area (Å²) in [5.74, 6) is 2.65. The van der Waals surface area contributed by atoms with Gasteiger partial charge in [-0.2, -0.15) is 0 Å². The molecule has 4 saturated carbocycles. The van der Waals surface area contributed by atoms with Gasteiger partial charge in [0, 0.05) is 12.4 Å². The highest BCUT2D eigenvalue weighted by Crippen LogP contribution is 2.63. The molecule has 0 saturated heterocycles. The van der Waals surface area contributed by atoms with Crippen LogP contribution in [0, 0.1) is 29.1 Å². The molecule has 20 heavy (non-hydrogen) atoms. The van der Waals surface area contributed by atoms with Crippen LogP contribution in [0.5, 0.6) is 0 Å². The van der Waals surface area contributed by atoms with E-state index in [1.54, 1.807) is 0 Å². The first-order valence-electron chi connectivity index (χ1n) is 7.86. The van der Waals surface area contributed by atoms with E-state index >= 15 is 0 Å². The van der Waals surface area contributed by atoms with Gasteiger partial charge in [0.2, 0.25) is 5.91 Å². The molecule has 1 amide bonds. The van der Waals surface area contributed by atoms with Gasteiger partial charge in [0.25, 0.3) is 0 Å². The predicted molar refractivity (Wildman–Crippen MR) is 76.6 cm³/mol. The van der Waals surface area contributed by atoms with Crippen LogP contribution in [0.1, 0.15) is 37.7 Å². The number of carbonyl (C=O) groups is 1. The van der Waals surface area contributed by atoms with Crippen LogP contribution >= 0.6 is 0 Å². The standard InChI is InChI=1S/C17H22N2O/c18-16(20)17-9-12-5-13(10-17)7-14(6-12)15(17)8-11-1-3-19-4-2-11/h1-4,12-15H,5-10H2,(H2,18,20). The Bertz CT molecular complexity index is 513. The fraction of sp³-hybridized carbons (Fsp3) is 0.647. The summed E-state index contributed by atoms with van der Waals surface area (Å²) in [6, 6.07) is 4.17. The fourth-order valence-electron chi connectivity index (χ4n) is 5.66. The molecule has 3 unspecified atom stereocenters. The van der Waals surface area contributed by atoms with Crippen LogP contribution in [0.25, 0.3) is 0 Å². The molecule has 3 nitrogen and oxygen atoms in total. The number of carbonyl (C=O) groups excluding carboxylic acids is 1. The number of hydrogen-bond donors (Lipinski definition) is 1. The van der Waals surface area contributed by atoms with Crippen LogP contribution in [0.3, 0.4) is 0 Å². The Labute approximate surface area is 120 Å². The van der Waals surface area contributed by atoms with Crippen molar-refractivity contribution in [2.24, 2.45) is 34.8 Å². The van der Waals surface area contributed by atoms with Gasteiger partial charge in [-0.25, -0.2) is 0 Å². The maximum Gasteiger partial charge on any atom is 0.223 e. The molecule has 3 atom stereocenters. The normalized spacial score (nSPS) is 41.8. The summed E-state index contributed by atoms with van der Waals surface area (Å²) in [7, 11) is 0. The van der Waals surface area contributed by atoms with Gasteiger partial charge in [-0.05, 0) is 79.9 Å². The summed E-state index contributed by atoms with van der Waals surface area (Å²) in [6.07, 6.45) is 10.8. The summed E-state index contributed by atoms with van der Waals surface area (Å²) < 4.78 is 0. The van der Waals surface area contributed by atoms with Crippen molar-refractivity contribution in [3.63, 3.8) is 0 Å². The van der Waals surface area contributed by atoms with Crippen molar-refractivity contribution in [3.05, 3.63) is 30.1 Å². The van der Waals surface area contributed by atoms with Crippen LogP contribution in [-0.4, -0.2) is 10.9 Å². The number of amides is 1. The van der Waals surface area contributed by atoms with E-state index in [1.165, 1.54) is 24.8 Å². The van der Waals surface area contributed by atoms with E-state index in [2.05, 4.69) is 17.1 Å². The highest BCUT2D eigenvalue weighted by molar-refractivity contribution is 5.82. The molecule has 5 rings (SSSR count). The molecule has 0 aromatic carbocycles. The number of primary amides is 1. The molecule has 3 heteroatoms. The fourth-order valence-corrected chi connectivity index (χ4v) is 5.66. The molecule has 4 bridgehead atoms. The van der Waals surface area contributed by atoms with E-state index in [0.29, 0.717) is 11.8 Å². The van der Waals surface area contributed by atoms with Crippen LogP contribution in [-0.2, 0) is 11.2 Å². The van der Waals surface area contributed by atoms with Crippen molar-refractivity contribution in [2.75, 3.05) is 0 Å². The van der Waals surface area contributed by atoms with Crippen molar-refractivity contribution >= 4 is 5.91 Å². The zero-order chi connectivity index (χ0) is 13.7. The Morgan fingerprint density at radius 1 is 1.20 bits per heavy atom. The first-order valence-corrected chi connectivity index (χ1v) is 7.86. The van der Waals surface area contributed by atoms with E-state index in [4.69, 9.17) is 5.73 Å². The molecular formula is C17H22N2O. The van der Waals surface area contributed by atoms with Gasteiger partial charge in [0.15, 0.2) is 0 Å². The second-order valence-corrected chi connectivity index (χ2v) is 7.29. The van der Waals surface area contributed by atoms with E-state index in [0.717, 1.165) is 31.1 Å². The van der Waals surface area contributed by atoms with Crippen molar-refractivity contribution in [3.8, 4) is 0 Å². The van der Waals surface area contributed by atoms with Gasteiger partial charge in [0.1, 0.15) is 0 Å². The summed E-state index contributed by atoms with van der Waals surface area (Å²) in [5, 5.41) is 0. The molecule has 0 aliphatic heterocycles. The van der Waals surface area contributed by atoms with Gasteiger partial charge in [-0.15, -0.1) is 0 Å². The molecule has 2 N–H and O–H groups in total. The average Bonchev–Trinajstić information content (AvgIpc) is 2.43. The number of rotatable bonds is 3. The lowest BCUT2D eigenvalue weighted by Gasteiger charge is -2.60. The first-order chi connectivity index (χ1) is 9.67. The molecule has 1 heterocycles. The van der Waals surface area contributed by atoms with Gasteiger partial charge in [-0.3, -0.25) is 9.78 Å². The van der Waals surface area contributed by atoms with E-state index in [9.17, 15) is 4.79 Å². The minimum absolute atomic E-state index is 0.0318. The third-order valence-electron chi connectivity index (χ3n) is 6.22. The maximum absolute atomic E-state index is 12.3. The molecular weight excluding hydrogens is 248 g/mol. The monoisotopic (exact) mass is 270 g/mol. The highest BCUT2D eigenvalue weighted by Gasteiger charge is 2.59.